The van der Waals surface area contributed by atoms with Crippen molar-refractivity contribution < 1.29 is 0 Å². The van der Waals surface area contributed by atoms with E-state index in [1.807, 2.05) is 66.7 Å². The summed E-state index contributed by atoms with van der Waals surface area (Å²) < 4.78 is 1.13. The molecule has 0 saturated heterocycles. The van der Waals surface area contributed by atoms with E-state index in [1.54, 1.807) is 0 Å². The first-order valence-electron chi connectivity index (χ1n) is 8.78. The predicted molar refractivity (Wildman–Crippen MR) is 124 cm³/mol. The van der Waals surface area contributed by atoms with E-state index in [9.17, 15) is 5.26 Å². The third kappa shape index (κ3) is 4.03. The standard InChI is InChI=1S/C22H15ClIN5/c23-16-3-1-2-15(10-16)21-18-11-14(6-9-20(18)27-22(28-21)29-26)19(12-25)13-4-7-17(24)8-5-13/h1-11,19H,26H2,(H,27,28,29). The lowest BCUT2D eigenvalue weighted by atomic mass is 9.91. The summed E-state index contributed by atoms with van der Waals surface area (Å²) in [5, 5.41) is 11.3. The van der Waals surface area contributed by atoms with Gasteiger partial charge >= 0.3 is 0 Å². The molecule has 0 bridgehead atoms. The second kappa shape index (κ2) is 8.33. The number of hydrogen-bond acceptors (Lipinski definition) is 5. The Morgan fingerprint density at radius 1 is 1.00 bits per heavy atom. The molecule has 0 spiro atoms. The highest BCUT2D eigenvalue weighted by Gasteiger charge is 2.17. The summed E-state index contributed by atoms with van der Waals surface area (Å²) >= 11 is 8.44. The third-order valence-corrected chi connectivity index (χ3v) is 5.57. The first-order chi connectivity index (χ1) is 14.1. The number of aromatic nitrogens is 2. The Labute approximate surface area is 186 Å². The van der Waals surface area contributed by atoms with Gasteiger partial charge in [-0.15, -0.1) is 0 Å². The molecule has 29 heavy (non-hydrogen) atoms. The van der Waals surface area contributed by atoms with Crippen molar-refractivity contribution in [3.05, 3.63) is 86.4 Å². The van der Waals surface area contributed by atoms with Gasteiger partial charge in [-0.1, -0.05) is 41.9 Å². The normalized spacial score (nSPS) is 11.8. The average molecular weight is 512 g/mol. The number of halogens is 2. The molecule has 5 nitrogen and oxygen atoms in total. The molecule has 1 unspecified atom stereocenters. The van der Waals surface area contributed by atoms with E-state index in [2.05, 4.69) is 44.1 Å². The smallest absolute Gasteiger partial charge is 0.238 e. The fourth-order valence-electron chi connectivity index (χ4n) is 3.24. The van der Waals surface area contributed by atoms with Gasteiger partial charge in [0.1, 0.15) is 0 Å². The predicted octanol–water partition coefficient (Wildman–Crippen LogP) is 5.50. The maximum Gasteiger partial charge on any atom is 0.238 e. The van der Waals surface area contributed by atoms with E-state index in [0.717, 1.165) is 31.2 Å². The zero-order valence-electron chi connectivity index (χ0n) is 15.1. The highest BCUT2D eigenvalue weighted by molar-refractivity contribution is 14.1. The van der Waals surface area contributed by atoms with Crippen molar-refractivity contribution in [3.8, 4) is 17.3 Å². The molecule has 0 amide bonds. The molecule has 0 aliphatic rings. The third-order valence-electron chi connectivity index (χ3n) is 4.61. The lowest BCUT2D eigenvalue weighted by Gasteiger charge is -2.14. The minimum Gasteiger partial charge on any atom is -0.292 e. The summed E-state index contributed by atoms with van der Waals surface area (Å²) in [5.74, 6) is 5.48. The maximum atomic E-state index is 9.85. The van der Waals surface area contributed by atoms with Crippen molar-refractivity contribution in [2.45, 2.75) is 5.92 Å². The summed E-state index contributed by atoms with van der Waals surface area (Å²) in [6, 6.07) is 23.6. The Morgan fingerprint density at radius 3 is 2.45 bits per heavy atom. The molecule has 1 aromatic heterocycles. The van der Waals surface area contributed by atoms with Crippen LogP contribution in [0.5, 0.6) is 0 Å². The molecule has 0 aliphatic carbocycles. The van der Waals surface area contributed by atoms with Crippen LogP contribution in [0, 0.1) is 14.9 Å². The van der Waals surface area contributed by atoms with Crippen LogP contribution in [0.4, 0.5) is 5.95 Å². The van der Waals surface area contributed by atoms with Gasteiger partial charge in [-0.2, -0.15) is 5.26 Å². The van der Waals surface area contributed by atoms with Crippen molar-refractivity contribution in [3.63, 3.8) is 0 Å². The Morgan fingerprint density at radius 2 is 1.76 bits per heavy atom. The number of nitrogens with zero attached hydrogens (tertiary/aromatic N) is 3. The fourth-order valence-corrected chi connectivity index (χ4v) is 3.79. The van der Waals surface area contributed by atoms with Crippen LogP contribution in [0.15, 0.2) is 66.7 Å². The summed E-state index contributed by atoms with van der Waals surface area (Å²) in [6.07, 6.45) is 0. The Bertz CT molecular complexity index is 1230. The van der Waals surface area contributed by atoms with Gasteiger partial charge in [0, 0.05) is 19.5 Å². The molecule has 1 heterocycles. The van der Waals surface area contributed by atoms with Crippen LogP contribution < -0.4 is 11.3 Å². The quantitative estimate of drug-likeness (QED) is 0.215. The zero-order valence-corrected chi connectivity index (χ0v) is 18.0. The first kappa shape index (κ1) is 19.6. The minimum atomic E-state index is -0.393. The van der Waals surface area contributed by atoms with Gasteiger partial charge in [0.2, 0.25) is 5.95 Å². The highest BCUT2D eigenvalue weighted by Crippen LogP contribution is 2.33. The fraction of sp³-hybridized carbons (Fsp3) is 0.0455. The van der Waals surface area contributed by atoms with E-state index in [0.29, 0.717) is 16.7 Å². The number of hydrogen-bond donors (Lipinski definition) is 2. The van der Waals surface area contributed by atoms with Crippen molar-refractivity contribution >= 4 is 51.0 Å². The van der Waals surface area contributed by atoms with E-state index in [1.165, 1.54) is 0 Å². The molecule has 3 N–H and O–H groups in total. The second-order valence-electron chi connectivity index (χ2n) is 6.44. The van der Waals surface area contributed by atoms with Crippen LogP contribution in [0.2, 0.25) is 5.02 Å². The number of rotatable bonds is 4. The van der Waals surface area contributed by atoms with Crippen LogP contribution in [-0.2, 0) is 0 Å². The van der Waals surface area contributed by atoms with Crippen molar-refractivity contribution in [2.75, 3.05) is 5.43 Å². The van der Waals surface area contributed by atoms with Crippen LogP contribution in [-0.4, -0.2) is 9.97 Å². The molecule has 0 saturated carbocycles. The van der Waals surface area contributed by atoms with E-state index >= 15 is 0 Å². The van der Waals surface area contributed by atoms with Gasteiger partial charge in [-0.05, 0) is 70.1 Å². The van der Waals surface area contributed by atoms with Crippen LogP contribution in [0.25, 0.3) is 22.2 Å². The average Bonchev–Trinajstić information content (AvgIpc) is 2.74. The molecule has 142 valence electrons. The van der Waals surface area contributed by atoms with E-state index < -0.39 is 5.92 Å². The van der Waals surface area contributed by atoms with Gasteiger partial charge in [-0.3, -0.25) is 5.43 Å². The number of hydrazine groups is 1. The highest BCUT2D eigenvalue weighted by atomic mass is 127. The van der Waals surface area contributed by atoms with Crippen LogP contribution in [0.3, 0.4) is 0 Å². The molecule has 1 atom stereocenters. The number of anilines is 1. The number of nitrogen functional groups attached to an aromatic ring is 1. The summed E-state index contributed by atoms with van der Waals surface area (Å²) in [4.78, 5) is 9.00. The molecule has 3 aromatic carbocycles. The topological polar surface area (TPSA) is 87.6 Å². The van der Waals surface area contributed by atoms with Crippen LogP contribution in [0.1, 0.15) is 17.0 Å². The van der Waals surface area contributed by atoms with Crippen molar-refractivity contribution in [1.29, 1.82) is 5.26 Å². The van der Waals surface area contributed by atoms with Crippen molar-refractivity contribution in [1.82, 2.24) is 9.97 Å². The first-order valence-corrected chi connectivity index (χ1v) is 10.2. The van der Waals surface area contributed by atoms with Gasteiger partial charge in [0.15, 0.2) is 0 Å². The van der Waals surface area contributed by atoms with Gasteiger partial charge < -0.3 is 0 Å². The molecule has 7 heteroatoms. The van der Waals surface area contributed by atoms with Crippen molar-refractivity contribution in [2.24, 2.45) is 5.84 Å². The van der Waals surface area contributed by atoms with Gasteiger partial charge in [0.05, 0.1) is 23.2 Å². The number of nitrogens with two attached hydrogens (primary N) is 1. The number of fused-ring (bicyclic) bond motifs is 1. The lowest BCUT2D eigenvalue weighted by molar-refractivity contribution is 1.04. The molecule has 0 aliphatic heterocycles. The molecular weight excluding hydrogens is 497 g/mol. The molecule has 4 rings (SSSR count). The molecular formula is C22H15ClIN5. The Hall–Kier alpha value is -2.73. The maximum absolute atomic E-state index is 9.85. The monoisotopic (exact) mass is 511 g/mol. The van der Waals surface area contributed by atoms with Crippen LogP contribution >= 0.6 is 34.2 Å². The van der Waals surface area contributed by atoms with E-state index in [4.69, 9.17) is 17.4 Å². The van der Waals surface area contributed by atoms with E-state index in [-0.39, 0.29) is 0 Å². The summed E-state index contributed by atoms with van der Waals surface area (Å²) in [5.41, 5.74) is 6.61. The summed E-state index contributed by atoms with van der Waals surface area (Å²) in [6.45, 7) is 0. The van der Waals surface area contributed by atoms with Gasteiger partial charge in [0.25, 0.3) is 0 Å². The zero-order chi connectivity index (χ0) is 20.4. The molecule has 0 radical (unpaired) electrons. The summed E-state index contributed by atoms with van der Waals surface area (Å²) in [7, 11) is 0. The number of nitriles is 1. The minimum absolute atomic E-state index is 0.315. The lowest BCUT2D eigenvalue weighted by Crippen LogP contribution is -2.11. The largest absolute Gasteiger partial charge is 0.292 e. The SMILES string of the molecule is N#CC(c1ccc(I)cc1)c1ccc2nc(NN)nc(-c3cccc(Cl)c3)c2c1. The van der Waals surface area contributed by atoms with Gasteiger partial charge in [-0.25, -0.2) is 15.8 Å². The molecule has 0 fully saturated rings. The molecule has 4 aromatic rings. The Balaban J connectivity index is 1.91. The number of benzene rings is 3. The number of nitrogens with one attached hydrogen (secondary N) is 1. The Kier molecular flexibility index (Phi) is 5.62. The second-order valence-corrected chi connectivity index (χ2v) is 8.12.